The summed E-state index contributed by atoms with van der Waals surface area (Å²) in [6.07, 6.45) is 0. The quantitative estimate of drug-likeness (QED) is 0.480. The summed E-state index contributed by atoms with van der Waals surface area (Å²) in [5.41, 5.74) is 2.08. The Hall–Kier alpha value is -2.76. The van der Waals surface area contributed by atoms with Gasteiger partial charge in [-0.2, -0.15) is 0 Å². The lowest BCUT2D eigenvalue weighted by molar-refractivity contribution is -0.385. The van der Waals surface area contributed by atoms with E-state index in [0.717, 1.165) is 29.3 Å². The average molecular weight is 303 g/mol. The molecule has 2 aromatic carbocycles. The standard InChI is InChI=1S/C16H14FNO4/c1-10-3-4-12(7-11(10)2)15(19)9-22-16-8-13(17)5-6-14(16)18(20)21/h3-8H,9H2,1-2H3. The number of nitro benzene ring substituents is 1. The predicted octanol–water partition coefficient (Wildman–Crippen LogP) is 3.61. The van der Waals surface area contributed by atoms with Crippen molar-refractivity contribution in [2.75, 3.05) is 6.61 Å². The van der Waals surface area contributed by atoms with E-state index in [1.54, 1.807) is 12.1 Å². The molecule has 0 atom stereocenters. The molecule has 0 saturated carbocycles. The zero-order valence-electron chi connectivity index (χ0n) is 12.1. The van der Waals surface area contributed by atoms with Crippen LogP contribution < -0.4 is 4.74 Å². The summed E-state index contributed by atoms with van der Waals surface area (Å²) in [6.45, 7) is 3.41. The number of benzene rings is 2. The topological polar surface area (TPSA) is 69.4 Å². The molecule has 0 aliphatic heterocycles. The molecule has 0 aromatic heterocycles. The number of halogens is 1. The molecular weight excluding hydrogens is 289 g/mol. The van der Waals surface area contributed by atoms with E-state index in [4.69, 9.17) is 4.74 Å². The number of nitro groups is 1. The van der Waals surface area contributed by atoms with Gasteiger partial charge in [0.1, 0.15) is 5.82 Å². The highest BCUT2D eigenvalue weighted by Crippen LogP contribution is 2.27. The fraction of sp³-hybridized carbons (Fsp3) is 0.188. The lowest BCUT2D eigenvalue weighted by Gasteiger charge is -2.07. The van der Waals surface area contributed by atoms with Gasteiger partial charge >= 0.3 is 5.69 Å². The number of nitrogens with zero attached hydrogens (tertiary/aromatic N) is 1. The van der Waals surface area contributed by atoms with E-state index in [-0.39, 0.29) is 17.2 Å². The highest BCUT2D eigenvalue weighted by Gasteiger charge is 2.17. The summed E-state index contributed by atoms with van der Waals surface area (Å²) in [5, 5.41) is 10.8. The number of carbonyl (C=O) groups excluding carboxylic acids is 1. The largest absolute Gasteiger partial charge is 0.478 e. The number of ether oxygens (including phenoxy) is 1. The van der Waals surface area contributed by atoms with E-state index >= 15 is 0 Å². The summed E-state index contributed by atoms with van der Waals surface area (Å²) >= 11 is 0. The summed E-state index contributed by atoms with van der Waals surface area (Å²) in [6, 6.07) is 8.06. The van der Waals surface area contributed by atoms with Gasteiger partial charge < -0.3 is 4.74 Å². The van der Waals surface area contributed by atoms with Gasteiger partial charge in [-0.15, -0.1) is 0 Å². The number of hydrogen-bond donors (Lipinski definition) is 0. The molecule has 0 spiro atoms. The SMILES string of the molecule is Cc1ccc(C(=O)COc2cc(F)ccc2[N+](=O)[O-])cc1C. The summed E-state index contributed by atoms with van der Waals surface area (Å²) < 4.78 is 18.3. The van der Waals surface area contributed by atoms with Crippen LogP contribution >= 0.6 is 0 Å². The Labute approximate surface area is 126 Å². The van der Waals surface area contributed by atoms with Crippen LogP contribution in [0.15, 0.2) is 36.4 Å². The van der Waals surface area contributed by atoms with E-state index < -0.39 is 17.3 Å². The molecule has 22 heavy (non-hydrogen) atoms. The van der Waals surface area contributed by atoms with Gasteiger partial charge in [-0.25, -0.2) is 4.39 Å². The number of ketones is 1. The molecule has 5 nitrogen and oxygen atoms in total. The van der Waals surface area contributed by atoms with Crippen molar-refractivity contribution in [3.8, 4) is 5.75 Å². The van der Waals surface area contributed by atoms with Gasteiger partial charge in [0.15, 0.2) is 18.1 Å². The fourth-order valence-electron chi connectivity index (χ4n) is 1.90. The molecule has 0 amide bonds. The summed E-state index contributed by atoms with van der Waals surface area (Å²) in [5.74, 6) is -1.26. The molecule has 0 bridgehead atoms. The van der Waals surface area contributed by atoms with Crippen molar-refractivity contribution in [1.29, 1.82) is 0 Å². The third kappa shape index (κ3) is 3.46. The van der Waals surface area contributed by atoms with Crippen LogP contribution in [0.4, 0.5) is 10.1 Å². The highest BCUT2D eigenvalue weighted by molar-refractivity contribution is 5.97. The summed E-state index contributed by atoms with van der Waals surface area (Å²) in [7, 11) is 0. The number of Topliss-reactive ketones (excluding diaryl/α,β-unsaturated/α-hetero) is 1. The van der Waals surface area contributed by atoms with Gasteiger partial charge in [-0.3, -0.25) is 14.9 Å². The first-order chi connectivity index (χ1) is 10.4. The van der Waals surface area contributed by atoms with Crippen LogP contribution in [0.1, 0.15) is 21.5 Å². The van der Waals surface area contributed by atoms with Crippen molar-refractivity contribution in [2.45, 2.75) is 13.8 Å². The Morgan fingerprint density at radius 1 is 1.18 bits per heavy atom. The number of hydrogen-bond acceptors (Lipinski definition) is 4. The molecule has 0 saturated heterocycles. The normalized spacial score (nSPS) is 10.3. The van der Waals surface area contributed by atoms with Crippen molar-refractivity contribution in [2.24, 2.45) is 0 Å². The second kappa shape index (κ2) is 6.34. The number of rotatable bonds is 5. The molecule has 0 unspecified atom stereocenters. The molecule has 2 aromatic rings. The predicted molar refractivity (Wildman–Crippen MR) is 78.8 cm³/mol. The Kier molecular flexibility index (Phi) is 4.50. The number of aryl methyl sites for hydroxylation is 2. The summed E-state index contributed by atoms with van der Waals surface area (Å²) in [4.78, 5) is 22.2. The van der Waals surface area contributed by atoms with Crippen LogP contribution in [0.5, 0.6) is 5.75 Å². The zero-order chi connectivity index (χ0) is 16.3. The van der Waals surface area contributed by atoms with Crippen LogP contribution in [-0.4, -0.2) is 17.3 Å². The average Bonchev–Trinajstić information content (AvgIpc) is 2.47. The molecule has 0 aliphatic rings. The Balaban J connectivity index is 2.15. The smallest absolute Gasteiger partial charge is 0.311 e. The van der Waals surface area contributed by atoms with Gasteiger partial charge in [-0.1, -0.05) is 12.1 Å². The first-order valence-corrected chi connectivity index (χ1v) is 6.55. The van der Waals surface area contributed by atoms with Crippen molar-refractivity contribution >= 4 is 11.5 Å². The van der Waals surface area contributed by atoms with Crippen LogP contribution in [0.3, 0.4) is 0 Å². The van der Waals surface area contributed by atoms with Crippen molar-refractivity contribution in [3.05, 3.63) is 69.0 Å². The van der Waals surface area contributed by atoms with Crippen LogP contribution in [0.2, 0.25) is 0 Å². The van der Waals surface area contributed by atoms with Gasteiger partial charge in [0.25, 0.3) is 0 Å². The van der Waals surface area contributed by atoms with Crippen LogP contribution in [-0.2, 0) is 0 Å². The number of carbonyl (C=O) groups is 1. The third-order valence-corrected chi connectivity index (χ3v) is 3.31. The van der Waals surface area contributed by atoms with Gasteiger partial charge in [-0.05, 0) is 37.1 Å². The van der Waals surface area contributed by atoms with Crippen molar-refractivity contribution in [1.82, 2.24) is 0 Å². The Bertz CT molecular complexity index is 743. The molecule has 0 N–H and O–H groups in total. The molecule has 0 aliphatic carbocycles. The minimum atomic E-state index is -0.685. The zero-order valence-corrected chi connectivity index (χ0v) is 12.1. The van der Waals surface area contributed by atoms with E-state index in [0.29, 0.717) is 5.56 Å². The second-order valence-corrected chi connectivity index (χ2v) is 4.88. The minimum absolute atomic E-state index is 0.262. The molecule has 114 valence electrons. The van der Waals surface area contributed by atoms with Gasteiger partial charge in [0.2, 0.25) is 0 Å². The fourth-order valence-corrected chi connectivity index (χ4v) is 1.90. The van der Waals surface area contributed by atoms with Gasteiger partial charge in [0, 0.05) is 17.7 Å². The van der Waals surface area contributed by atoms with E-state index in [1.807, 2.05) is 19.9 Å². The molecule has 6 heteroatoms. The molecule has 2 rings (SSSR count). The molecule has 0 heterocycles. The molecule has 0 radical (unpaired) electrons. The third-order valence-electron chi connectivity index (χ3n) is 3.31. The molecule has 0 fully saturated rings. The lowest BCUT2D eigenvalue weighted by Crippen LogP contribution is -2.12. The van der Waals surface area contributed by atoms with Crippen molar-refractivity contribution in [3.63, 3.8) is 0 Å². The second-order valence-electron chi connectivity index (χ2n) is 4.88. The van der Waals surface area contributed by atoms with E-state index in [9.17, 15) is 19.3 Å². The highest BCUT2D eigenvalue weighted by atomic mass is 19.1. The van der Waals surface area contributed by atoms with Gasteiger partial charge in [0.05, 0.1) is 4.92 Å². The van der Waals surface area contributed by atoms with E-state index in [1.165, 1.54) is 0 Å². The maximum Gasteiger partial charge on any atom is 0.311 e. The Morgan fingerprint density at radius 2 is 1.91 bits per heavy atom. The van der Waals surface area contributed by atoms with Crippen molar-refractivity contribution < 1.29 is 18.8 Å². The van der Waals surface area contributed by atoms with Crippen LogP contribution in [0, 0.1) is 29.8 Å². The molecular formula is C16H14FNO4. The van der Waals surface area contributed by atoms with Crippen LogP contribution in [0.25, 0.3) is 0 Å². The monoisotopic (exact) mass is 303 g/mol. The van der Waals surface area contributed by atoms with E-state index in [2.05, 4.69) is 0 Å². The maximum absolute atomic E-state index is 13.2. The lowest BCUT2D eigenvalue weighted by atomic mass is 10.0. The first-order valence-electron chi connectivity index (χ1n) is 6.55. The maximum atomic E-state index is 13.2. The Morgan fingerprint density at radius 3 is 2.55 bits per heavy atom. The first kappa shape index (κ1) is 15.6. The minimum Gasteiger partial charge on any atom is -0.478 e.